The molecule has 0 saturated heterocycles. The topological polar surface area (TPSA) is 49.8 Å². The number of aliphatic hydroxyl groups excluding tert-OH is 1. The fourth-order valence-electron chi connectivity index (χ4n) is 2.58. The number of ether oxygens (including phenoxy) is 1. The Morgan fingerprint density at radius 2 is 2.00 bits per heavy atom. The van der Waals surface area contributed by atoms with Crippen LogP contribution in [0.15, 0.2) is 0 Å². The van der Waals surface area contributed by atoms with E-state index in [-0.39, 0.29) is 12.6 Å². The van der Waals surface area contributed by atoms with E-state index in [1.807, 2.05) is 0 Å². The van der Waals surface area contributed by atoms with Gasteiger partial charge in [0.2, 0.25) is 0 Å². The second-order valence-electron chi connectivity index (χ2n) is 4.73. The number of esters is 1. The maximum Gasteiger partial charge on any atom is 0.305 e. The second kappa shape index (κ2) is 8.48. The summed E-state index contributed by atoms with van der Waals surface area (Å²) in [6, 6.07) is 0.605. The fraction of sp³-hybridized carbons (Fsp3) is 0.923. The molecule has 0 aromatic rings. The van der Waals surface area contributed by atoms with Gasteiger partial charge in [-0.25, -0.2) is 0 Å². The molecule has 1 N–H and O–H groups in total. The Hall–Kier alpha value is -0.610. The largest absolute Gasteiger partial charge is 0.469 e. The molecule has 0 aromatic heterocycles. The molecule has 17 heavy (non-hydrogen) atoms. The second-order valence-corrected chi connectivity index (χ2v) is 4.73. The van der Waals surface area contributed by atoms with Gasteiger partial charge in [-0.3, -0.25) is 9.69 Å². The summed E-state index contributed by atoms with van der Waals surface area (Å²) in [5.74, 6) is -0.141. The molecule has 1 fully saturated rings. The van der Waals surface area contributed by atoms with Crippen LogP contribution in [0.1, 0.15) is 44.9 Å². The zero-order valence-corrected chi connectivity index (χ0v) is 10.9. The highest BCUT2D eigenvalue weighted by Gasteiger charge is 2.20. The van der Waals surface area contributed by atoms with Crippen molar-refractivity contribution in [1.82, 2.24) is 4.90 Å². The molecule has 1 aliphatic carbocycles. The lowest BCUT2D eigenvalue weighted by molar-refractivity contribution is -0.140. The zero-order chi connectivity index (χ0) is 12.5. The Morgan fingerprint density at radius 3 is 2.59 bits per heavy atom. The quantitative estimate of drug-likeness (QED) is 0.690. The van der Waals surface area contributed by atoms with Crippen molar-refractivity contribution in [3.8, 4) is 0 Å². The van der Waals surface area contributed by atoms with Gasteiger partial charge >= 0.3 is 5.97 Å². The molecule has 100 valence electrons. The monoisotopic (exact) mass is 243 g/mol. The average Bonchev–Trinajstić information content (AvgIpc) is 2.38. The third kappa shape index (κ3) is 5.50. The molecular weight excluding hydrogens is 218 g/mol. The molecule has 0 aliphatic heterocycles. The minimum Gasteiger partial charge on any atom is -0.469 e. The van der Waals surface area contributed by atoms with Crippen molar-refractivity contribution in [3.63, 3.8) is 0 Å². The lowest BCUT2D eigenvalue weighted by atomic mass is 9.94. The van der Waals surface area contributed by atoms with Gasteiger partial charge in [0.1, 0.15) is 0 Å². The number of hydrogen-bond acceptors (Lipinski definition) is 4. The summed E-state index contributed by atoms with van der Waals surface area (Å²) in [5, 5.41) is 9.09. The van der Waals surface area contributed by atoms with E-state index < -0.39 is 0 Å². The van der Waals surface area contributed by atoms with Crippen molar-refractivity contribution >= 4 is 5.97 Å². The molecular formula is C13H25NO3. The number of methoxy groups -OCH3 is 1. The first kappa shape index (κ1) is 14.5. The van der Waals surface area contributed by atoms with Crippen LogP contribution >= 0.6 is 0 Å². The number of hydrogen-bond donors (Lipinski definition) is 1. The van der Waals surface area contributed by atoms with Gasteiger partial charge in [0.25, 0.3) is 0 Å². The first-order valence-corrected chi connectivity index (χ1v) is 6.69. The highest BCUT2D eigenvalue weighted by Crippen LogP contribution is 2.22. The van der Waals surface area contributed by atoms with Crippen molar-refractivity contribution in [2.75, 3.05) is 26.8 Å². The van der Waals surface area contributed by atoms with Crippen LogP contribution in [0.4, 0.5) is 0 Å². The molecule has 4 nitrogen and oxygen atoms in total. The highest BCUT2D eigenvalue weighted by molar-refractivity contribution is 5.69. The normalized spacial score (nSPS) is 17.4. The Labute approximate surface area is 104 Å². The van der Waals surface area contributed by atoms with Crippen LogP contribution < -0.4 is 0 Å². The lowest BCUT2D eigenvalue weighted by Crippen LogP contribution is -2.39. The van der Waals surface area contributed by atoms with Crippen LogP contribution in [0, 0.1) is 0 Å². The van der Waals surface area contributed by atoms with Gasteiger partial charge < -0.3 is 9.84 Å². The van der Waals surface area contributed by atoms with E-state index in [4.69, 9.17) is 5.11 Å². The summed E-state index contributed by atoms with van der Waals surface area (Å²) >= 11 is 0. The van der Waals surface area contributed by atoms with Crippen LogP contribution in [0.2, 0.25) is 0 Å². The molecule has 1 aliphatic rings. The summed E-state index contributed by atoms with van der Waals surface area (Å²) in [5.41, 5.74) is 0. The van der Waals surface area contributed by atoms with Gasteiger partial charge in [-0.1, -0.05) is 19.3 Å². The van der Waals surface area contributed by atoms with E-state index >= 15 is 0 Å². The molecule has 0 amide bonds. The SMILES string of the molecule is COC(=O)CCCN(CCO)C1CCCCC1. The maximum absolute atomic E-state index is 11.0. The van der Waals surface area contributed by atoms with Crippen LogP contribution in [0.5, 0.6) is 0 Å². The standard InChI is InChI=1S/C13H25NO3/c1-17-13(16)8-5-9-14(10-11-15)12-6-3-2-4-7-12/h12,15H,2-11H2,1H3. The summed E-state index contributed by atoms with van der Waals surface area (Å²) in [4.78, 5) is 13.4. The van der Waals surface area contributed by atoms with E-state index in [0.29, 0.717) is 12.5 Å². The van der Waals surface area contributed by atoms with E-state index in [0.717, 1.165) is 19.5 Å². The first-order valence-electron chi connectivity index (χ1n) is 6.69. The third-order valence-electron chi connectivity index (χ3n) is 3.53. The minimum absolute atomic E-state index is 0.141. The molecule has 0 radical (unpaired) electrons. The molecule has 0 spiro atoms. The molecule has 4 heteroatoms. The zero-order valence-electron chi connectivity index (χ0n) is 10.9. The van der Waals surface area contributed by atoms with E-state index in [2.05, 4.69) is 9.64 Å². The summed E-state index contributed by atoms with van der Waals surface area (Å²) in [7, 11) is 1.43. The average molecular weight is 243 g/mol. The Balaban J connectivity index is 2.28. The molecule has 0 heterocycles. The predicted octanol–water partition coefficient (Wildman–Crippen LogP) is 1.57. The number of carbonyl (C=O) groups is 1. The number of rotatable bonds is 7. The van der Waals surface area contributed by atoms with Crippen LogP contribution in [-0.2, 0) is 9.53 Å². The van der Waals surface area contributed by atoms with Crippen molar-refractivity contribution in [3.05, 3.63) is 0 Å². The van der Waals surface area contributed by atoms with Crippen molar-refractivity contribution < 1.29 is 14.6 Å². The minimum atomic E-state index is -0.141. The molecule has 0 atom stereocenters. The number of carbonyl (C=O) groups excluding carboxylic acids is 1. The number of nitrogens with zero attached hydrogens (tertiary/aromatic N) is 1. The van der Waals surface area contributed by atoms with Crippen molar-refractivity contribution in [2.45, 2.75) is 51.0 Å². The Morgan fingerprint density at radius 1 is 1.29 bits per heavy atom. The molecule has 0 bridgehead atoms. The molecule has 0 unspecified atom stereocenters. The van der Waals surface area contributed by atoms with E-state index in [1.165, 1.54) is 39.2 Å². The Kier molecular flexibility index (Phi) is 7.21. The van der Waals surface area contributed by atoms with Gasteiger partial charge in [0.15, 0.2) is 0 Å². The smallest absolute Gasteiger partial charge is 0.305 e. The van der Waals surface area contributed by atoms with Crippen LogP contribution in [-0.4, -0.2) is 48.8 Å². The number of aliphatic hydroxyl groups is 1. The van der Waals surface area contributed by atoms with Crippen LogP contribution in [0.25, 0.3) is 0 Å². The van der Waals surface area contributed by atoms with Gasteiger partial charge in [-0.15, -0.1) is 0 Å². The van der Waals surface area contributed by atoms with Crippen molar-refractivity contribution in [2.24, 2.45) is 0 Å². The highest BCUT2D eigenvalue weighted by atomic mass is 16.5. The predicted molar refractivity (Wildman–Crippen MR) is 66.8 cm³/mol. The summed E-state index contributed by atoms with van der Waals surface area (Å²) < 4.78 is 4.63. The Bertz CT molecular complexity index is 215. The fourth-order valence-corrected chi connectivity index (χ4v) is 2.58. The lowest BCUT2D eigenvalue weighted by Gasteiger charge is -2.33. The van der Waals surface area contributed by atoms with Crippen molar-refractivity contribution in [1.29, 1.82) is 0 Å². The molecule has 1 rings (SSSR count). The third-order valence-corrected chi connectivity index (χ3v) is 3.53. The molecule has 1 saturated carbocycles. The van der Waals surface area contributed by atoms with Gasteiger partial charge in [0.05, 0.1) is 13.7 Å². The van der Waals surface area contributed by atoms with Gasteiger partial charge in [0, 0.05) is 19.0 Å². The maximum atomic E-state index is 11.0. The summed E-state index contributed by atoms with van der Waals surface area (Å²) in [6.07, 6.45) is 7.70. The van der Waals surface area contributed by atoms with E-state index in [1.54, 1.807) is 0 Å². The van der Waals surface area contributed by atoms with Gasteiger partial charge in [-0.05, 0) is 25.8 Å². The molecule has 0 aromatic carbocycles. The van der Waals surface area contributed by atoms with E-state index in [9.17, 15) is 4.79 Å². The van der Waals surface area contributed by atoms with Crippen LogP contribution in [0.3, 0.4) is 0 Å². The first-order chi connectivity index (χ1) is 8.27. The summed E-state index contributed by atoms with van der Waals surface area (Å²) in [6.45, 7) is 1.82. The van der Waals surface area contributed by atoms with Gasteiger partial charge in [-0.2, -0.15) is 0 Å².